The summed E-state index contributed by atoms with van der Waals surface area (Å²) < 4.78 is 47.7. The SMILES string of the molecule is COc1nn(C)cc1C(=O)N[S@@](=O)CC[C@H](/C=C/[C@H](OC)[C@@H]1CC[C@H]1CN1C[C@@]2(CCCc3cc(Cl)ccc32)COc2ccc(C(N)=O)cc21)OC(=O)c1cn(C)nc1OC. The van der Waals surface area contributed by atoms with Crippen LogP contribution in [0.5, 0.6) is 17.5 Å². The van der Waals surface area contributed by atoms with Crippen LogP contribution in [0.2, 0.25) is 5.02 Å². The molecular weight excluding hydrogens is 826 g/mol. The molecule has 1 saturated carbocycles. The molecule has 1 spiro atoms. The Bertz CT molecular complexity index is 2330. The molecule has 18 heteroatoms. The van der Waals surface area contributed by atoms with Crippen LogP contribution in [0.25, 0.3) is 0 Å². The quantitative estimate of drug-likeness (QED) is 0.117. The van der Waals surface area contributed by atoms with E-state index in [1.165, 1.54) is 47.1 Å². The van der Waals surface area contributed by atoms with Crippen LogP contribution in [0.15, 0.2) is 60.9 Å². The number of aromatic nitrogens is 4. The van der Waals surface area contributed by atoms with Crippen LogP contribution < -0.4 is 29.6 Å². The summed E-state index contributed by atoms with van der Waals surface area (Å²) >= 11 is 6.46. The number of nitrogens with two attached hydrogens (primary N) is 1. The van der Waals surface area contributed by atoms with Gasteiger partial charge in [0.05, 0.1) is 32.6 Å². The number of carbonyl (C=O) groups excluding carboxylic acids is 3. The number of nitrogens with one attached hydrogen (secondary N) is 1. The van der Waals surface area contributed by atoms with Gasteiger partial charge in [-0.3, -0.25) is 23.7 Å². The lowest BCUT2D eigenvalue weighted by Crippen LogP contribution is -2.49. The number of esters is 1. The minimum Gasteiger partial charge on any atom is -0.490 e. The Morgan fingerprint density at radius 2 is 1.77 bits per heavy atom. The first-order valence-corrected chi connectivity index (χ1v) is 21.9. The minimum atomic E-state index is -1.84. The average molecular weight is 878 g/mol. The zero-order chi connectivity index (χ0) is 43.4. The maximum Gasteiger partial charge on any atom is 0.345 e. The van der Waals surface area contributed by atoms with Crippen molar-refractivity contribution in [3.05, 3.63) is 93.8 Å². The molecule has 16 nitrogen and oxygen atoms in total. The summed E-state index contributed by atoms with van der Waals surface area (Å²) in [7, 11) is 5.92. The third-order valence-corrected chi connectivity index (χ3v) is 13.2. The standard InChI is InChI=1S/C43H52ClN7O9S/c1-49-22-32(40(46-49)57-4)39(53)48-61(55)18-16-30(60-42(54)33-23-50(2)47-41(33)58-5)11-15-36(56-3)31-12-8-28(31)21-51-24-43(17-6-7-26-19-29(44)10-13-34(26)43)25-59-37-14-9-27(38(45)52)20-35(37)51/h9-11,13-15,19-20,22-23,28,30-31,36H,6-8,12,16-18,21,24-25H2,1-5H3,(H2,45,52)(H,48,53)/b15-11+/t28-,30-,31+,36-,43-,61-/m0/s1. The van der Waals surface area contributed by atoms with Crippen molar-refractivity contribution in [2.75, 3.05) is 51.7 Å². The molecule has 0 saturated heterocycles. The molecule has 1 aliphatic heterocycles. The zero-order valence-electron chi connectivity index (χ0n) is 34.9. The van der Waals surface area contributed by atoms with E-state index in [2.05, 4.69) is 32.0 Å². The first-order valence-electron chi connectivity index (χ1n) is 20.2. The van der Waals surface area contributed by atoms with E-state index < -0.39 is 34.9 Å². The lowest BCUT2D eigenvalue weighted by atomic mass is 9.68. The Labute approximate surface area is 362 Å². The van der Waals surface area contributed by atoms with Crippen LogP contribution in [0.4, 0.5) is 5.69 Å². The van der Waals surface area contributed by atoms with E-state index in [9.17, 15) is 18.6 Å². The number of amides is 2. The molecule has 3 N–H and O–H groups in total. The molecule has 326 valence electrons. The third-order valence-electron chi connectivity index (χ3n) is 12.0. The van der Waals surface area contributed by atoms with Gasteiger partial charge in [0.15, 0.2) is 0 Å². The number of anilines is 1. The molecule has 3 aliphatic rings. The average Bonchev–Trinajstić information content (AvgIpc) is 3.78. The first-order chi connectivity index (χ1) is 29.3. The fourth-order valence-electron chi connectivity index (χ4n) is 8.80. The number of methoxy groups -OCH3 is 3. The maximum absolute atomic E-state index is 13.5. The van der Waals surface area contributed by atoms with Crippen LogP contribution in [-0.2, 0) is 46.4 Å². The topological polar surface area (TPSA) is 191 Å². The van der Waals surface area contributed by atoms with E-state index in [1.807, 2.05) is 24.3 Å². The van der Waals surface area contributed by atoms with Crippen molar-refractivity contribution in [2.24, 2.45) is 31.7 Å². The van der Waals surface area contributed by atoms with Crippen LogP contribution in [-0.4, -0.2) is 101 Å². The normalized spacial score (nSPS) is 21.0. The minimum absolute atomic E-state index is 0.0364. The highest BCUT2D eigenvalue weighted by molar-refractivity contribution is 7.83. The van der Waals surface area contributed by atoms with Crippen LogP contribution in [0, 0.1) is 11.8 Å². The van der Waals surface area contributed by atoms with Gasteiger partial charge in [0.25, 0.3) is 5.91 Å². The van der Waals surface area contributed by atoms with Crippen molar-refractivity contribution in [2.45, 2.75) is 56.1 Å². The monoisotopic (exact) mass is 877 g/mol. The maximum atomic E-state index is 13.5. The number of ether oxygens (including phenoxy) is 5. The van der Waals surface area contributed by atoms with Gasteiger partial charge in [-0.25, -0.2) is 9.00 Å². The van der Waals surface area contributed by atoms with E-state index in [0.717, 1.165) is 37.8 Å². The third kappa shape index (κ3) is 9.58. The molecule has 2 aliphatic carbocycles. The van der Waals surface area contributed by atoms with Gasteiger partial charge in [-0.05, 0) is 91.5 Å². The predicted octanol–water partition coefficient (Wildman–Crippen LogP) is 4.70. The number of primary amides is 1. The number of rotatable bonds is 16. The van der Waals surface area contributed by atoms with Gasteiger partial charge in [-0.15, -0.1) is 10.2 Å². The molecule has 0 radical (unpaired) electrons. The van der Waals surface area contributed by atoms with Crippen molar-refractivity contribution in [1.29, 1.82) is 0 Å². The van der Waals surface area contributed by atoms with Gasteiger partial charge in [0.2, 0.25) is 17.7 Å². The molecule has 2 amide bonds. The van der Waals surface area contributed by atoms with Crippen molar-refractivity contribution < 1.29 is 42.3 Å². The molecule has 3 heterocycles. The fraction of sp³-hybridized carbons (Fsp3) is 0.465. The van der Waals surface area contributed by atoms with Crippen molar-refractivity contribution in [1.82, 2.24) is 24.3 Å². The second kappa shape index (κ2) is 18.7. The first kappa shape index (κ1) is 43.7. The Kier molecular flexibility index (Phi) is 13.4. The lowest BCUT2D eigenvalue weighted by molar-refractivity contribution is 0.0118. The number of hydrogen-bond donors (Lipinski definition) is 2. The van der Waals surface area contributed by atoms with Crippen LogP contribution in [0.1, 0.15) is 74.3 Å². The van der Waals surface area contributed by atoms with Gasteiger partial charge >= 0.3 is 5.97 Å². The van der Waals surface area contributed by atoms with Crippen molar-refractivity contribution in [3.63, 3.8) is 0 Å². The Morgan fingerprint density at radius 3 is 2.46 bits per heavy atom. The number of hydrogen-bond acceptors (Lipinski definition) is 12. The highest BCUT2D eigenvalue weighted by Gasteiger charge is 2.44. The molecule has 0 bridgehead atoms. The van der Waals surface area contributed by atoms with E-state index >= 15 is 0 Å². The van der Waals surface area contributed by atoms with E-state index in [-0.39, 0.29) is 58.4 Å². The Hall–Kier alpha value is -5.39. The molecule has 4 aromatic rings. The summed E-state index contributed by atoms with van der Waals surface area (Å²) in [5.74, 6) is -0.647. The summed E-state index contributed by atoms with van der Waals surface area (Å²) in [4.78, 5) is 41.2. The van der Waals surface area contributed by atoms with Crippen LogP contribution in [0.3, 0.4) is 0 Å². The number of aryl methyl sites for hydroxylation is 3. The molecule has 2 aromatic heterocycles. The number of carbonyl (C=O) groups is 3. The molecule has 6 atom stereocenters. The van der Waals surface area contributed by atoms with Crippen molar-refractivity contribution in [3.8, 4) is 17.5 Å². The Balaban J connectivity index is 1.11. The fourth-order valence-corrected chi connectivity index (χ4v) is 9.86. The molecule has 7 rings (SSSR count). The summed E-state index contributed by atoms with van der Waals surface area (Å²) in [5, 5.41) is 8.97. The van der Waals surface area contributed by atoms with Gasteiger partial charge in [0, 0.05) is 74.9 Å². The van der Waals surface area contributed by atoms with Crippen molar-refractivity contribution >= 4 is 46.1 Å². The van der Waals surface area contributed by atoms with Gasteiger partial charge in [-0.1, -0.05) is 23.7 Å². The van der Waals surface area contributed by atoms with E-state index in [4.69, 9.17) is 41.0 Å². The molecular formula is C43H52ClN7O9S. The Morgan fingerprint density at radius 1 is 1.03 bits per heavy atom. The highest BCUT2D eigenvalue weighted by atomic mass is 35.5. The summed E-state index contributed by atoms with van der Waals surface area (Å²) in [6.07, 6.45) is 10.2. The molecule has 0 unspecified atom stereocenters. The molecule has 2 aromatic carbocycles. The molecule has 1 fully saturated rings. The zero-order valence-corrected chi connectivity index (χ0v) is 36.5. The van der Waals surface area contributed by atoms with Crippen LogP contribution >= 0.6 is 11.6 Å². The summed E-state index contributed by atoms with van der Waals surface area (Å²) in [6, 6.07) is 11.5. The smallest absolute Gasteiger partial charge is 0.345 e. The number of benzene rings is 2. The highest BCUT2D eigenvalue weighted by Crippen LogP contribution is 2.47. The van der Waals surface area contributed by atoms with Gasteiger partial charge in [0.1, 0.15) is 34.0 Å². The predicted molar refractivity (Wildman–Crippen MR) is 229 cm³/mol. The number of halogens is 1. The number of fused-ring (bicyclic) bond motifs is 3. The molecule has 61 heavy (non-hydrogen) atoms. The summed E-state index contributed by atoms with van der Waals surface area (Å²) in [5.41, 5.74) is 9.43. The van der Waals surface area contributed by atoms with E-state index in [0.29, 0.717) is 36.0 Å². The lowest BCUT2D eigenvalue weighted by Gasteiger charge is -2.46. The summed E-state index contributed by atoms with van der Waals surface area (Å²) in [6.45, 7) is 1.82. The van der Waals surface area contributed by atoms with Gasteiger partial charge in [-0.2, -0.15) is 0 Å². The van der Waals surface area contributed by atoms with E-state index in [1.54, 1.807) is 33.3 Å². The second-order valence-electron chi connectivity index (χ2n) is 15.9. The van der Waals surface area contributed by atoms with Gasteiger partial charge < -0.3 is 34.3 Å². The second-order valence-corrected chi connectivity index (χ2v) is 17.6. The largest absolute Gasteiger partial charge is 0.490 e. The number of nitrogens with zero attached hydrogens (tertiary/aromatic N) is 5.